The molecule has 0 aromatic carbocycles. The van der Waals surface area contributed by atoms with Crippen molar-refractivity contribution in [1.29, 1.82) is 0 Å². The summed E-state index contributed by atoms with van der Waals surface area (Å²) < 4.78 is 4.07. The largest absolute Gasteiger partial charge is 0.327 e. The quantitative estimate of drug-likeness (QED) is 0.735. The number of hydrogen-bond acceptors (Lipinski definition) is 5. The lowest BCUT2D eigenvalue weighted by atomic mass is 10.2. The SMILES string of the molecule is CC1c2ncc(Cn3cccn3)n2CCN1C(=O)c1cscn1. The van der Waals surface area contributed by atoms with E-state index in [1.165, 1.54) is 11.3 Å². The van der Waals surface area contributed by atoms with E-state index in [0.717, 1.165) is 18.1 Å². The summed E-state index contributed by atoms with van der Waals surface area (Å²) >= 11 is 1.44. The van der Waals surface area contributed by atoms with Gasteiger partial charge in [0.25, 0.3) is 5.91 Å². The van der Waals surface area contributed by atoms with Crippen LogP contribution in [0.15, 0.2) is 35.5 Å². The molecule has 1 aliphatic rings. The van der Waals surface area contributed by atoms with E-state index < -0.39 is 0 Å². The fourth-order valence-electron chi connectivity index (χ4n) is 2.99. The average molecular weight is 328 g/mol. The van der Waals surface area contributed by atoms with Crippen molar-refractivity contribution in [1.82, 2.24) is 29.2 Å². The smallest absolute Gasteiger partial charge is 0.273 e. The van der Waals surface area contributed by atoms with Crippen LogP contribution in [0.4, 0.5) is 0 Å². The molecule has 0 saturated carbocycles. The summed E-state index contributed by atoms with van der Waals surface area (Å²) in [7, 11) is 0. The molecule has 4 heterocycles. The van der Waals surface area contributed by atoms with Crippen molar-refractivity contribution in [2.45, 2.75) is 26.1 Å². The van der Waals surface area contributed by atoms with Crippen molar-refractivity contribution < 1.29 is 4.79 Å². The van der Waals surface area contributed by atoms with E-state index >= 15 is 0 Å². The van der Waals surface area contributed by atoms with Crippen LogP contribution in [0, 0.1) is 0 Å². The van der Waals surface area contributed by atoms with Gasteiger partial charge in [-0.05, 0) is 13.0 Å². The normalized spacial score (nSPS) is 17.3. The minimum absolute atomic E-state index is 0.0263. The number of carbonyl (C=O) groups is 1. The summed E-state index contributed by atoms with van der Waals surface area (Å²) in [6, 6.07) is 1.84. The zero-order valence-electron chi connectivity index (χ0n) is 12.7. The van der Waals surface area contributed by atoms with E-state index in [2.05, 4.69) is 19.6 Å². The highest BCUT2D eigenvalue weighted by atomic mass is 32.1. The van der Waals surface area contributed by atoms with E-state index in [9.17, 15) is 4.79 Å². The van der Waals surface area contributed by atoms with Gasteiger partial charge in [0.1, 0.15) is 11.5 Å². The molecule has 4 rings (SSSR count). The zero-order chi connectivity index (χ0) is 15.8. The van der Waals surface area contributed by atoms with Crippen molar-refractivity contribution >= 4 is 17.2 Å². The molecule has 3 aromatic heterocycles. The number of hydrogen-bond donors (Lipinski definition) is 0. The molecule has 1 atom stereocenters. The molecule has 1 aliphatic heterocycles. The van der Waals surface area contributed by atoms with Gasteiger partial charge >= 0.3 is 0 Å². The number of thiazole rings is 1. The van der Waals surface area contributed by atoms with Crippen molar-refractivity contribution in [3.05, 3.63) is 52.8 Å². The molecule has 118 valence electrons. The van der Waals surface area contributed by atoms with Crippen molar-refractivity contribution in [3.8, 4) is 0 Å². The Morgan fingerprint density at radius 3 is 3.04 bits per heavy atom. The number of imidazole rings is 1. The second-order valence-corrected chi connectivity index (χ2v) is 6.23. The van der Waals surface area contributed by atoms with Crippen LogP contribution in [0.5, 0.6) is 0 Å². The van der Waals surface area contributed by atoms with Gasteiger partial charge in [0.2, 0.25) is 0 Å². The van der Waals surface area contributed by atoms with Gasteiger partial charge in [-0.1, -0.05) is 0 Å². The van der Waals surface area contributed by atoms with Gasteiger partial charge < -0.3 is 9.47 Å². The second-order valence-electron chi connectivity index (χ2n) is 5.51. The molecular weight excluding hydrogens is 312 g/mol. The maximum atomic E-state index is 12.6. The van der Waals surface area contributed by atoms with Gasteiger partial charge in [0.15, 0.2) is 0 Å². The van der Waals surface area contributed by atoms with E-state index in [1.807, 2.05) is 35.0 Å². The van der Waals surface area contributed by atoms with Crippen LogP contribution >= 0.6 is 11.3 Å². The topological polar surface area (TPSA) is 68.8 Å². The third-order valence-electron chi connectivity index (χ3n) is 4.17. The monoisotopic (exact) mass is 328 g/mol. The molecule has 7 nitrogen and oxygen atoms in total. The van der Waals surface area contributed by atoms with E-state index in [0.29, 0.717) is 18.8 Å². The summed E-state index contributed by atoms with van der Waals surface area (Å²) in [5, 5.41) is 6.03. The number of nitrogens with zero attached hydrogens (tertiary/aromatic N) is 6. The third kappa shape index (κ3) is 2.44. The molecule has 0 radical (unpaired) electrons. The molecule has 23 heavy (non-hydrogen) atoms. The standard InChI is InChI=1S/C15H16N6OS/c1-11-14-16-7-12(8-19-4-2-3-18-19)21(14)6-5-20(11)15(22)13-9-23-10-17-13/h2-4,7,9-11H,5-6,8H2,1H3. The Morgan fingerprint density at radius 2 is 2.30 bits per heavy atom. The summed E-state index contributed by atoms with van der Waals surface area (Å²) in [5.74, 6) is 0.892. The minimum Gasteiger partial charge on any atom is -0.327 e. The first kappa shape index (κ1) is 14.1. The maximum Gasteiger partial charge on any atom is 0.273 e. The molecule has 0 spiro atoms. The van der Waals surface area contributed by atoms with Crippen LogP contribution in [-0.2, 0) is 13.1 Å². The van der Waals surface area contributed by atoms with Crippen LogP contribution in [0.2, 0.25) is 0 Å². The first-order valence-electron chi connectivity index (χ1n) is 7.45. The van der Waals surface area contributed by atoms with E-state index in [4.69, 9.17) is 0 Å². The summed E-state index contributed by atoms with van der Waals surface area (Å²) in [5.41, 5.74) is 3.31. The molecule has 1 amide bonds. The molecule has 8 heteroatoms. The second kappa shape index (κ2) is 5.62. The number of fused-ring (bicyclic) bond motifs is 1. The minimum atomic E-state index is -0.0654. The van der Waals surface area contributed by atoms with Gasteiger partial charge in [-0.2, -0.15) is 5.10 Å². The van der Waals surface area contributed by atoms with E-state index in [1.54, 1.807) is 17.1 Å². The lowest BCUT2D eigenvalue weighted by Gasteiger charge is -2.34. The van der Waals surface area contributed by atoms with Gasteiger partial charge in [-0.3, -0.25) is 9.48 Å². The fraction of sp³-hybridized carbons (Fsp3) is 0.333. The first-order valence-corrected chi connectivity index (χ1v) is 8.39. The number of amides is 1. The lowest BCUT2D eigenvalue weighted by molar-refractivity contribution is 0.0631. The Balaban J connectivity index is 1.59. The average Bonchev–Trinajstić information content (AvgIpc) is 3.30. The summed E-state index contributed by atoms with van der Waals surface area (Å²) in [6.45, 7) is 4.10. The third-order valence-corrected chi connectivity index (χ3v) is 4.76. The Kier molecular flexibility index (Phi) is 3.45. The van der Waals surface area contributed by atoms with Crippen LogP contribution in [-0.4, -0.2) is 41.7 Å². The van der Waals surface area contributed by atoms with Crippen molar-refractivity contribution in [2.75, 3.05) is 6.54 Å². The predicted molar refractivity (Wildman–Crippen MR) is 85.1 cm³/mol. The van der Waals surface area contributed by atoms with Crippen molar-refractivity contribution in [2.24, 2.45) is 0 Å². The zero-order valence-corrected chi connectivity index (χ0v) is 13.5. The Hall–Kier alpha value is -2.48. The Morgan fingerprint density at radius 1 is 1.39 bits per heavy atom. The van der Waals surface area contributed by atoms with Crippen molar-refractivity contribution in [3.63, 3.8) is 0 Å². The number of carbonyl (C=O) groups excluding carboxylic acids is 1. The highest BCUT2D eigenvalue weighted by Gasteiger charge is 2.31. The van der Waals surface area contributed by atoms with Crippen LogP contribution < -0.4 is 0 Å². The first-order chi connectivity index (χ1) is 11.2. The van der Waals surface area contributed by atoms with Gasteiger partial charge in [-0.25, -0.2) is 9.97 Å². The molecule has 1 unspecified atom stereocenters. The highest BCUT2D eigenvalue weighted by molar-refractivity contribution is 7.07. The predicted octanol–water partition coefficient (Wildman–Crippen LogP) is 1.80. The lowest BCUT2D eigenvalue weighted by Crippen LogP contribution is -2.41. The molecular formula is C15H16N6OS. The van der Waals surface area contributed by atoms with Crippen LogP contribution in [0.3, 0.4) is 0 Å². The van der Waals surface area contributed by atoms with Crippen LogP contribution in [0.1, 0.15) is 35.0 Å². The molecule has 0 N–H and O–H groups in total. The summed E-state index contributed by atoms with van der Waals surface area (Å²) in [6.07, 6.45) is 5.58. The van der Waals surface area contributed by atoms with Gasteiger partial charge in [0.05, 0.1) is 30.0 Å². The maximum absolute atomic E-state index is 12.6. The molecule has 3 aromatic rings. The van der Waals surface area contributed by atoms with Crippen LogP contribution in [0.25, 0.3) is 0 Å². The van der Waals surface area contributed by atoms with Gasteiger partial charge in [0, 0.05) is 30.9 Å². The molecule has 0 saturated heterocycles. The highest BCUT2D eigenvalue weighted by Crippen LogP contribution is 2.27. The molecule has 0 aliphatic carbocycles. The summed E-state index contributed by atoms with van der Waals surface area (Å²) in [4.78, 5) is 23.1. The molecule has 0 fully saturated rings. The van der Waals surface area contributed by atoms with E-state index in [-0.39, 0.29) is 11.9 Å². The van der Waals surface area contributed by atoms with Gasteiger partial charge in [-0.15, -0.1) is 11.3 Å². The Labute approximate surface area is 137 Å². The number of aromatic nitrogens is 5. The Bertz CT molecular complexity index is 807. The molecule has 0 bridgehead atoms. The number of rotatable bonds is 3. The fourth-order valence-corrected chi connectivity index (χ4v) is 3.51.